The number of rotatable bonds is 12. The first-order chi connectivity index (χ1) is 10.6. The van der Waals surface area contributed by atoms with Crippen molar-refractivity contribution in [1.29, 1.82) is 0 Å². The molecule has 1 rings (SSSR count). The lowest BCUT2D eigenvalue weighted by atomic mass is 10.00. The highest BCUT2D eigenvalue weighted by Crippen LogP contribution is 2.15. The maximum Gasteiger partial charge on any atom is 0.335 e. The summed E-state index contributed by atoms with van der Waals surface area (Å²) < 4.78 is 0. The second-order valence-electron chi connectivity index (χ2n) is 6.72. The van der Waals surface area contributed by atoms with Crippen molar-refractivity contribution in [2.24, 2.45) is 5.92 Å². The van der Waals surface area contributed by atoms with Crippen molar-refractivity contribution in [3.05, 3.63) is 35.4 Å². The van der Waals surface area contributed by atoms with Gasteiger partial charge in [0, 0.05) is 0 Å². The van der Waals surface area contributed by atoms with E-state index in [1.54, 1.807) is 12.1 Å². The van der Waals surface area contributed by atoms with Gasteiger partial charge in [0.2, 0.25) is 0 Å². The minimum Gasteiger partial charge on any atom is -0.478 e. The summed E-state index contributed by atoms with van der Waals surface area (Å²) in [6, 6.07) is 7.37. The standard InChI is InChI=1S/C20H32O2/c1-17(2)13-9-7-5-3-4-6-8-10-14-18-15-11-12-16-19(18)20(21)22/h11-12,15-17H,3-10,13-14H2,1-2H3,(H,21,22). The van der Waals surface area contributed by atoms with Crippen molar-refractivity contribution in [3.8, 4) is 0 Å². The molecule has 0 atom stereocenters. The molecular weight excluding hydrogens is 272 g/mol. The second kappa shape index (κ2) is 11.3. The Bertz CT molecular complexity index is 423. The van der Waals surface area contributed by atoms with Crippen LogP contribution >= 0.6 is 0 Å². The van der Waals surface area contributed by atoms with Gasteiger partial charge in [-0.1, -0.05) is 83.4 Å². The summed E-state index contributed by atoms with van der Waals surface area (Å²) in [5.41, 5.74) is 1.44. The van der Waals surface area contributed by atoms with Crippen molar-refractivity contribution in [2.45, 2.75) is 78.1 Å². The number of unbranched alkanes of at least 4 members (excludes halogenated alkanes) is 7. The van der Waals surface area contributed by atoms with Gasteiger partial charge in [-0.3, -0.25) is 0 Å². The molecule has 1 N–H and O–H groups in total. The number of hydrogen-bond acceptors (Lipinski definition) is 1. The molecular formula is C20H32O2. The zero-order valence-corrected chi connectivity index (χ0v) is 14.3. The molecule has 0 bridgehead atoms. The lowest BCUT2D eigenvalue weighted by Crippen LogP contribution is -2.02. The van der Waals surface area contributed by atoms with E-state index < -0.39 is 5.97 Å². The van der Waals surface area contributed by atoms with Crippen LogP contribution in [0.2, 0.25) is 0 Å². The molecule has 0 saturated carbocycles. The van der Waals surface area contributed by atoms with Crippen LogP contribution in [0, 0.1) is 5.92 Å². The molecule has 0 unspecified atom stereocenters. The van der Waals surface area contributed by atoms with Crippen LogP contribution in [0.3, 0.4) is 0 Å². The molecule has 22 heavy (non-hydrogen) atoms. The van der Waals surface area contributed by atoms with Gasteiger partial charge in [0.1, 0.15) is 0 Å². The van der Waals surface area contributed by atoms with E-state index in [2.05, 4.69) is 13.8 Å². The normalized spacial score (nSPS) is 11.0. The first-order valence-electron chi connectivity index (χ1n) is 8.92. The molecule has 0 amide bonds. The Hall–Kier alpha value is -1.31. The first kappa shape index (κ1) is 18.7. The molecule has 0 aliphatic carbocycles. The van der Waals surface area contributed by atoms with Crippen molar-refractivity contribution in [1.82, 2.24) is 0 Å². The fourth-order valence-corrected chi connectivity index (χ4v) is 2.88. The monoisotopic (exact) mass is 304 g/mol. The highest BCUT2D eigenvalue weighted by atomic mass is 16.4. The molecule has 1 aromatic rings. The lowest BCUT2D eigenvalue weighted by Gasteiger charge is -2.06. The van der Waals surface area contributed by atoms with Gasteiger partial charge in [-0.25, -0.2) is 4.79 Å². The summed E-state index contributed by atoms with van der Waals surface area (Å²) in [4.78, 5) is 11.1. The van der Waals surface area contributed by atoms with Crippen LogP contribution in [0.1, 0.15) is 87.6 Å². The summed E-state index contributed by atoms with van der Waals surface area (Å²) in [6.45, 7) is 4.59. The first-order valence-corrected chi connectivity index (χ1v) is 8.92. The zero-order valence-electron chi connectivity index (χ0n) is 14.3. The molecule has 0 aliphatic rings. The summed E-state index contributed by atoms with van der Waals surface area (Å²) in [5.74, 6) is 0.0330. The van der Waals surface area contributed by atoms with Gasteiger partial charge in [0.25, 0.3) is 0 Å². The summed E-state index contributed by atoms with van der Waals surface area (Å²) in [5, 5.41) is 9.14. The lowest BCUT2D eigenvalue weighted by molar-refractivity contribution is 0.0695. The van der Waals surface area contributed by atoms with Crippen molar-refractivity contribution < 1.29 is 9.90 Å². The highest BCUT2D eigenvalue weighted by Gasteiger charge is 2.07. The van der Waals surface area contributed by atoms with Crippen molar-refractivity contribution >= 4 is 5.97 Å². The van der Waals surface area contributed by atoms with E-state index in [9.17, 15) is 4.79 Å². The number of carbonyl (C=O) groups is 1. The molecule has 2 nitrogen and oxygen atoms in total. The summed E-state index contributed by atoms with van der Waals surface area (Å²) in [7, 11) is 0. The fraction of sp³-hybridized carbons (Fsp3) is 0.650. The maximum atomic E-state index is 11.1. The number of carboxylic acid groups (broad SMARTS) is 1. The number of carboxylic acids is 1. The second-order valence-corrected chi connectivity index (χ2v) is 6.72. The molecule has 124 valence electrons. The SMILES string of the molecule is CC(C)CCCCCCCCCCc1ccccc1C(=O)O. The Morgan fingerprint density at radius 1 is 0.909 bits per heavy atom. The van der Waals surface area contributed by atoms with Crippen LogP contribution in [0.25, 0.3) is 0 Å². The molecule has 2 heteroatoms. The summed E-state index contributed by atoms with van der Waals surface area (Å²) in [6.07, 6.45) is 12.6. The van der Waals surface area contributed by atoms with E-state index in [0.29, 0.717) is 5.56 Å². The molecule has 0 aromatic heterocycles. The van der Waals surface area contributed by atoms with Gasteiger partial charge in [-0.15, -0.1) is 0 Å². The minimum atomic E-state index is -0.808. The van der Waals surface area contributed by atoms with Gasteiger partial charge < -0.3 is 5.11 Å². The Kier molecular flexibility index (Phi) is 9.61. The number of aromatic carboxylic acids is 1. The molecule has 0 spiro atoms. The largest absolute Gasteiger partial charge is 0.478 e. The third kappa shape index (κ3) is 8.21. The zero-order chi connectivity index (χ0) is 16.2. The third-order valence-corrected chi connectivity index (χ3v) is 4.23. The van der Waals surface area contributed by atoms with Gasteiger partial charge in [-0.05, 0) is 30.4 Å². The van der Waals surface area contributed by atoms with Gasteiger partial charge in [-0.2, -0.15) is 0 Å². The van der Waals surface area contributed by atoms with E-state index in [-0.39, 0.29) is 0 Å². The molecule has 0 saturated heterocycles. The van der Waals surface area contributed by atoms with Crippen LogP contribution in [0.5, 0.6) is 0 Å². The van der Waals surface area contributed by atoms with Crippen molar-refractivity contribution in [2.75, 3.05) is 0 Å². The molecule has 0 radical (unpaired) electrons. The highest BCUT2D eigenvalue weighted by molar-refractivity contribution is 5.89. The smallest absolute Gasteiger partial charge is 0.335 e. The van der Waals surface area contributed by atoms with Crippen molar-refractivity contribution in [3.63, 3.8) is 0 Å². The predicted molar refractivity (Wildman–Crippen MR) is 93.5 cm³/mol. The molecule has 0 fully saturated rings. The van der Waals surface area contributed by atoms with Crippen LogP contribution < -0.4 is 0 Å². The van der Waals surface area contributed by atoms with E-state index in [4.69, 9.17) is 5.11 Å². The van der Waals surface area contributed by atoms with Crippen LogP contribution in [-0.4, -0.2) is 11.1 Å². The third-order valence-electron chi connectivity index (χ3n) is 4.23. The Labute approximate surface area is 135 Å². The quantitative estimate of drug-likeness (QED) is 0.474. The van der Waals surface area contributed by atoms with E-state index in [1.807, 2.05) is 12.1 Å². The molecule has 0 aliphatic heterocycles. The van der Waals surface area contributed by atoms with E-state index in [0.717, 1.165) is 24.3 Å². The Morgan fingerprint density at radius 3 is 2.05 bits per heavy atom. The number of benzene rings is 1. The average molecular weight is 304 g/mol. The van der Waals surface area contributed by atoms with Gasteiger partial charge in [0.15, 0.2) is 0 Å². The average Bonchev–Trinajstić information content (AvgIpc) is 2.49. The Morgan fingerprint density at radius 2 is 1.45 bits per heavy atom. The fourth-order valence-electron chi connectivity index (χ4n) is 2.88. The van der Waals surface area contributed by atoms with E-state index >= 15 is 0 Å². The minimum absolute atomic E-state index is 0.465. The van der Waals surface area contributed by atoms with Crippen LogP contribution in [-0.2, 0) is 6.42 Å². The molecule has 0 heterocycles. The predicted octanol–water partition coefficient (Wildman–Crippen LogP) is 6.09. The maximum absolute atomic E-state index is 11.1. The van der Waals surface area contributed by atoms with Crippen LogP contribution in [0.15, 0.2) is 24.3 Å². The number of hydrogen-bond donors (Lipinski definition) is 1. The van der Waals surface area contributed by atoms with Gasteiger partial charge in [0.05, 0.1) is 5.56 Å². The Balaban J connectivity index is 2.03. The summed E-state index contributed by atoms with van der Waals surface area (Å²) >= 11 is 0. The van der Waals surface area contributed by atoms with Gasteiger partial charge >= 0.3 is 5.97 Å². The number of aryl methyl sites for hydroxylation is 1. The van der Waals surface area contributed by atoms with E-state index in [1.165, 1.54) is 51.4 Å². The molecule has 1 aromatic carbocycles. The van der Waals surface area contributed by atoms with Crippen LogP contribution in [0.4, 0.5) is 0 Å². The topological polar surface area (TPSA) is 37.3 Å².